The molecule has 0 radical (unpaired) electrons. The molecule has 0 aromatic carbocycles. The van der Waals surface area contributed by atoms with Gasteiger partial charge in [0.15, 0.2) is 0 Å². The molecule has 0 unspecified atom stereocenters. The molecule has 0 atom stereocenters. The van der Waals surface area contributed by atoms with Gasteiger partial charge in [-0.25, -0.2) is 4.39 Å². The lowest BCUT2D eigenvalue weighted by atomic mass is 10.1. The van der Waals surface area contributed by atoms with Crippen molar-refractivity contribution in [2.24, 2.45) is 0 Å². The molecule has 0 N–H and O–H groups in total. The van der Waals surface area contributed by atoms with E-state index < -0.39 is 0 Å². The van der Waals surface area contributed by atoms with Gasteiger partial charge in [0.1, 0.15) is 6.67 Å². The third-order valence-electron chi connectivity index (χ3n) is 2.23. The van der Waals surface area contributed by atoms with Crippen LogP contribution in [0.5, 0.6) is 0 Å². The van der Waals surface area contributed by atoms with Crippen molar-refractivity contribution < 1.29 is 4.39 Å². The van der Waals surface area contributed by atoms with Crippen LogP contribution in [0.4, 0.5) is 4.39 Å². The highest BCUT2D eigenvalue weighted by Crippen LogP contribution is 2.08. The number of unbranched alkanes of at least 4 members (excludes halogenated alkanes) is 7. The molecule has 0 heterocycles. The summed E-state index contributed by atoms with van der Waals surface area (Å²) in [5.41, 5.74) is 0. The summed E-state index contributed by atoms with van der Waals surface area (Å²) in [7, 11) is 0. The second-order valence-corrected chi connectivity index (χ2v) is 3.54. The molecule has 0 aliphatic rings. The van der Waals surface area contributed by atoms with Crippen LogP contribution in [0.3, 0.4) is 0 Å². The monoisotopic (exact) mass is 186 g/mol. The topological polar surface area (TPSA) is 0 Å². The third kappa shape index (κ3) is 11.7. The zero-order valence-corrected chi connectivity index (χ0v) is 8.90. The molecule has 1 heteroatoms. The first-order valence-electron chi connectivity index (χ1n) is 5.62. The molecule has 0 aliphatic carbocycles. The summed E-state index contributed by atoms with van der Waals surface area (Å²) < 4.78 is 11.6. The van der Waals surface area contributed by atoms with E-state index in [0.29, 0.717) is 0 Å². The van der Waals surface area contributed by atoms with Crippen molar-refractivity contribution in [3.05, 3.63) is 12.2 Å². The molecule has 13 heavy (non-hydrogen) atoms. The van der Waals surface area contributed by atoms with Gasteiger partial charge in [0.25, 0.3) is 0 Å². The summed E-state index contributed by atoms with van der Waals surface area (Å²) in [5.74, 6) is 0. The van der Waals surface area contributed by atoms with Gasteiger partial charge in [-0.1, -0.05) is 57.6 Å². The van der Waals surface area contributed by atoms with Crippen LogP contribution in [-0.4, -0.2) is 6.67 Å². The molecule has 0 aromatic rings. The summed E-state index contributed by atoms with van der Waals surface area (Å²) in [4.78, 5) is 0. The molecular weight excluding hydrogens is 163 g/mol. The van der Waals surface area contributed by atoms with E-state index in [4.69, 9.17) is 0 Å². The highest BCUT2D eigenvalue weighted by molar-refractivity contribution is 4.80. The fraction of sp³-hybridized carbons (Fsp3) is 0.833. The minimum Gasteiger partial charge on any atom is -0.247 e. The number of alkyl halides is 1. The van der Waals surface area contributed by atoms with Gasteiger partial charge in [-0.3, -0.25) is 0 Å². The van der Waals surface area contributed by atoms with Crippen LogP contribution < -0.4 is 0 Å². The molecule has 0 saturated carbocycles. The Morgan fingerprint density at radius 1 is 0.846 bits per heavy atom. The summed E-state index contributed by atoms with van der Waals surface area (Å²) in [6, 6.07) is 0. The van der Waals surface area contributed by atoms with Crippen LogP contribution in [0, 0.1) is 0 Å². The van der Waals surface area contributed by atoms with Crippen LogP contribution in [-0.2, 0) is 0 Å². The minimum atomic E-state index is -0.309. The van der Waals surface area contributed by atoms with Gasteiger partial charge < -0.3 is 0 Å². The van der Waals surface area contributed by atoms with E-state index in [-0.39, 0.29) is 6.67 Å². The van der Waals surface area contributed by atoms with Crippen molar-refractivity contribution in [2.45, 2.75) is 58.3 Å². The molecule has 0 bridgehead atoms. The predicted octanol–water partition coefficient (Wildman–Crippen LogP) is 4.65. The van der Waals surface area contributed by atoms with Crippen molar-refractivity contribution in [2.75, 3.05) is 6.67 Å². The summed E-state index contributed by atoms with van der Waals surface area (Å²) in [6.45, 7) is 1.93. The number of rotatable bonds is 9. The van der Waals surface area contributed by atoms with Crippen LogP contribution in [0.15, 0.2) is 12.2 Å². The second-order valence-electron chi connectivity index (χ2n) is 3.54. The first-order chi connectivity index (χ1) is 6.41. The Hall–Kier alpha value is -0.330. The summed E-state index contributed by atoms with van der Waals surface area (Å²) in [5, 5.41) is 0. The zero-order chi connectivity index (χ0) is 9.78. The van der Waals surface area contributed by atoms with Gasteiger partial charge in [0.2, 0.25) is 0 Å². The number of hydrogen-bond acceptors (Lipinski definition) is 0. The van der Waals surface area contributed by atoms with Crippen molar-refractivity contribution >= 4 is 0 Å². The Labute approximate surface area is 82.2 Å². The van der Waals surface area contributed by atoms with Gasteiger partial charge in [0.05, 0.1) is 0 Å². The minimum absolute atomic E-state index is 0.309. The van der Waals surface area contributed by atoms with Gasteiger partial charge in [-0.15, -0.1) is 0 Å². The molecule has 78 valence electrons. The fourth-order valence-electron chi connectivity index (χ4n) is 1.40. The molecule has 0 rings (SSSR count). The second kappa shape index (κ2) is 11.7. The predicted molar refractivity (Wildman–Crippen MR) is 57.7 cm³/mol. The molecular formula is C12H23F. The number of allylic oxidation sites excluding steroid dienone is 2. The van der Waals surface area contributed by atoms with E-state index in [0.717, 1.165) is 6.42 Å². The molecule has 0 aromatic heterocycles. The van der Waals surface area contributed by atoms with Crippen LogP contribution in [0.1, 0.15) is 58.3 Å². The average Bonchev–Trinajstić information content (AvgIpc) is 2.16. The first kappa shape index (κ1) is 12.7. The molecule has 0 amide bonds. The smallest absolute Gasteiger partial charge is 0.108 e. The Morgan fingerprint density at radius 2 is 1.46 bits per heavy atom. The Bertz CT molecular complexity index is 108. The van der Waals surface area contributed by atoms with Crippen molar-refractivity contribution in [3.63, 3.8) is 0 Å². The van der Waals surface area contributed by atoms with Crippen molar-refractivity contribution in [1.29, 1.82) is 0 Å². The van der Waals surface area contributed by atoms with E-state index >= 15 is 0 Å². The molecule has 0 spiro atoms. The first-order valence-corrected chi connectivity index (χ1v) is 5.62. The van der Waals surface area contributed by atoms with Crippen molar-refractivity contribution in [1.82, 2.24) is 0 Å². The van der Waals surface area contributed by atoms with Crippen LogP contribution in [0.2, 0.25) is 0 Å². The van der Waals surface area contributed by atoms with Gasteiger partial charge in [-0.05, 0) is 12.8 Å². The van der Waals surface area contributed by atoms with E-state index in [1.807, 2.05) is 6.08 Å². The third-order valence-corrected chi connectivity index (χ3v) is 2.23. The number of halogens is 1. The van der Waals surface area contributed by atoms with Gasteiger partial charge >= 0.3 is 0 Å². The zero-order valence-electron chi connectivity index (χ0n) is 8.90. The maximum Gasteiger partial charge on any atom is 0.108 e. The molecule has 0 fully saturated rings. The lowest BCUT2D eigenvalue weighted by Gasteiger charge is -1.98. The number of hydrogen-bond donors (Lipinski definition) is 0. The maximum atomic E-state index is 11.6. The summed E-state index contributed by atoms with van der Waals surface area (Å²) in [6.07, 6.45) is 14.0. The SMILES string of the molecule is CCCCCCCCC/C=C/CF. The average molecular weight is 186 g/mol. The summed E-state index contributed by atoms with van der Waals surface area (Å²) >= 11 is 0. The molecule has 0 saturated heterocycles. The van der Waals surface area contributed by atoms with Crippen molar-refractivity contribution in [3.8, 4) is 0 Å². The molecule has 0 aliphatic heterocycles. The maximum absolute atomic E-state index is 11.6. The largest absolute Gasteiger partial charge is 0.247 e. The highest BCUT2D eigenvalue weighted by Gasteiger charge is 1.88. The standard InChI is InChI=1S/C12H23F/c1-2-3-4-5-6-7-8-9-10-11-12-13/h10-11H,2-9,12H2,1H3/b11-10+. The Kier molecular flexibility index (Phi) is 11.4. The highest BCUT2D eigenvalue weighted by atomic mass is 19.1. The van der Waals surface area contributed by atoms with Gasteiger partial charge in [-0.2, -0.15) is 0 Å². The quantitative estimate of drug-likeness (QED) is 0.363. The van der Waals surface area contributed by atoms with Crippen LogP contribution in [0.25, 0.3) is 0 Å². The Morgan fingerprint density at radius 3 is 2.08 bits per heavy atom. The van der Waals surface area contributed by atoms with E-state index in [2.05, 4.69) is 6.92 Å². The fourth-order valence-corrected chi connectivity index (χ4v) is 1.40. The van der Waals surface area contributed by atoms with Gasteiger partial charge in [0, 0.05) is 0 Å². The van der Waals surface area contributed by atoms with Crippen LogP contribution >= 0.6 is 0 Å². The lowest BCUT2D eigenvalue weighted by Crippen LogP contribution is -1.78. The Balaban J connectivity index is 2.87. The normalized spacial score (nSPS) is 11.2. The van der Waals surface area contributed by atoms with E-state index in [9.17, 15) is 4.39 Å². The van der Waals surface area contributed by atoms with E-state index in [1.54, 1.807) is 6.08 Å². The van der Waals surface area contributed by atoms with E-state index in [1.165, 1.54) is 44.9 Å². The lowest BCUT2D eigenvalue weighted by molar-refractivity contribution is 0.559. The molecule has 0 nitrogen and oxygen atoms in total.